The van der Waals surface area contributed by atoms with E-state index in [0.29, 0.717) is 41.6 Å². The van der Waals surface area contributed by atoms with Crippen molar-refractivity contribution in [2.75, 3.05) is 39.6 Å². The summed E-state index contributed by atoms with van der Waals surface area (Å²) >= 11 is 0. The first-order valence-electron chi connectivity index (χ1n) is 13.9. The van der Waals surface area contributed by atoms with Gasteiger partial charge in [-0.1, -0.05) is 36.4 Å². The van der Waals surface area contributed by atoms with Crippen LogP contribution in [0.4, 0.5) is 16.0 Å². The highest BCUT2D eigenvalue weighted by molar-refractivity contribution is 5.95. The summed E-state index contributed by atoms with van der Waals surface area (Å²) in [5.74, 6) is 0.462. The number of nitrogens with zero attached hydrogens (tertiary/aromatic N) is 4. The molecule has 0 aliphatic rings. The van der Waals surface area contributed by atoms with Crippen LogP contribution in [0.1, 0.15) is 21.5 Å². The monoisotopic (exact) mass is 580 g/mol. The van der Waals surface area contributed by atoms with Gasteiger partial charge in [0.25, 0.3) is 5.91 Å². The Kier molecular flexibility index (Phi) is 9.07. The fourth-order valence-corrected chi connectivity index (χ4v) is 4.59. The minimum atomic E-state index is -0.313. The SMILES string of the molecule is COc1cc(C(=O)NCCN(C)C)ccc1Nc1nc2ccc(-c3ccc(CC(=O)Cc4ccc(F)cc4)cc3)cn2n1. The molecule has 0 fully saturated rings. The Morgan fingerprint density at radius 2 is 1.58 bits per heavy atom. The minimum absolute atomic E-state index is 0.0676. The fraction of sp³-hybridized carbons (Fsp3) is 0.212. The zero-order chi connectivity index (χ0) is 30.3. The number of anilines is 2. The van der Waals surface area contributed by atoms with Gasteiger partial charge < -0.3 is 20.3 Å². The lowest BCUT2D eigenvalue weighted by atomic mass is 10.0. The number of hydrogen-bond donors (Lipinski definition) is 2. The van der Waals surface area contributed by atoms with Crippen LogP contribution in [0.5, 0.6) is 5.75 Å². The Balaban J connectivity index is 1.24. The Morgan fingerprint density at radius 1 is 0.907 bits per heavy atom. The number of carbonyl (C=O) groups excluding carboxylic acids is 2. The van der Waals surface area contributed by atoms with E-state index in [9.17, 15) is 14.0 Å². The van der Waals surface area contributed by atoms with Gasteiger partial charge in [-0.15, -0.1) is 5.10 Å². The lowest BCUT2D eigenvalue weighted by molar-refractivity contribution is -0.117. The van der Waals surface area contributed by atoms with Crippen LogP contribution in [0.15, 0.2) is 85.1 Å². The molecule has 0 bridgehead atoms. The minimum Gasteiger partial charge on any atom is -0.495 e. The van der Waals surface area contributed by atoms with Crippen molar-refractivity contribution in [2.24, 2.45) is 0 Å². The van der Waals surface area contributed by atoms with Crippen LogP contribution in [0.3, 0.4) is 0 Å². The second-order valence-electron chi connectivity index (χ2n) is 10.5. The number of rotatable bonds is 12. The smallest absolute Gasteiger partial charge is 0.251 e. The molecule has 0 radical (unpaired) electrons. The molecule has 0 unspecified atom stereocenters. The van der Waals surface area contributed by atoms with Crippen LogP contribution in [0, 0.1) is 5.82 Å². The number of benzene rings is 3. The number of methoxy groups -OCH3 is 1. The molecule has 10 heteroatoms. The number of aromatic nitrogens is 3. The molecule has 5 rings (SSSR count). The number of nitrogens with one attached hydrogen (secondary N) is 2. The molecule has 2 heterocycles. The van der Waals surface area contributed by atoms with Crippen molar-refractivity contribution in [1.29, 1.82) is 0 Å². The predicted molar refractivity (Wildman–Crippen MR) is 164 cm³/mol. The molecule has 43 heavy (non-hydrogen) atoms. The third kappa shape index (κ3) is 7.60. The maximum atomic E-state index is 13.1. The van der Waals surface area contributed by atoms with Crippen LogP contribution < -0.4 is 15.4 Å². The van der Waals surface area contributed by atoms with E-state index in [0.717, 1.165) is 28.8 Å². The molecule has 0 atom stereocenters. The Labute approximate surface area is 249 Å². The Bertz CT molecular complexity index is 1730. The molecule has 2 aromatic heterocycles. The number of ketones is 1. The number of carbonyl (C=O) groups is 2. The second kappa shape index (κ2) is 13.3. The maximum Gasteiger partial charge on any atom is 0.251 e. The molecule has 0 spiro atoms. The van der Waals surface area contributed by atoms with Gasteiger partial charge in [-0.3, -0.25) is 9.59 Å². The van der Waals surface area contributed by atoms with E-state index >= 15 is 0 Å². The van der Waals surface area contributed by atoms with Gasteiger partial charge in [0.1, 0.15) is 17.3 Å². The highest BCUT2D eigenvalue weighted by Gasteiger charge is 2.13. The van der Waals surface area contributed by atoms with Crippen molar-refractivity contribution in [3.63, 3.8) is 0 Å². The van der Waals surface area contributed by atoms with Crippen LogP contribution in [0.25, 0.3) is 16.8 Å². The maximum absolute atomic E-state index is 13.1. The van der Waals surface area contributed by atoms with E-state index in [1.54, 1.807) is 42.0 Å². The van der Waals surface area contributed by atoms with Crippen LogP contribution in [-0.4, -0.2) is 65.5 Å². The second-order valence-corrected chi connectivity index (χ2v) is 10.5. The van der Waals surface area contributed by atoms with Crippen molar-refractivity contribution in [2.45, 2.75) is 12.8 Å². The summed E-state index contributed by atoms with van der Waals surface area (Å²) in [4.78, 5) is 31.6. The number of halogens is 1. The van der Waals surface area contributed by atoms with Gasteiger partial charge in [0, 0.05) is 43.3 Å². The average Bonchev–Trinajstić information content (AvgIpc) is 3.40. The van der Waals surface area contributed by atoms with E-state index in [1.807, 2.05) is 61.6 Å². The number of amides is 1. The van der Waals surface area contributed by atoms with Crippen LogP contribution >= 0.6 is 0 Å². The van der Waals surface area contributed by atoms with Crippen molar-refractivity contribution in [3.8, 4) is 16.9 Å². The third-order valence-corrected chi connectivity index (χ3v) is 6.89. The summed E-state index contributed by atoms with van der Waals surface area (Å²) in [6.45, 7) is 1.29. The van der Waals surface area contributed by atoms with Crippen molar-refractivity contribution < 1.29 is 18.7 Å². The van der Waals surface area contributed by atoms with E-state index in [-0.39, 0.29) is 23.9 Å². The number of pyridine rings is 1. The Hall–Kier alpha value is -5.09. The van der Waals surface area contributed by atoms with Crippen molar-refractivity contribution in [1.82, 2.24) is 24.8 Å². The molecule has 3 aromatic carbocycles. The normalized spacial score (nSPS) is 11.1. The molecule has 2 N–H and O–H groups in total. The van der Waals surface area contributed by atoms with Gasteiger partial charge in [0.15, 0.2) is 5.65 Å². The van der Waals surface area contributed by atoms with Gasteiger partial charge in [-0.05, 0) is 73.3 Å². The van der Waals surface area contributed by atoms with Gasteiger partial charge in [0.05, 0.1) is 12.8 Å². The number of Topliss-reactive ketones (excluding diaryl/α,β-unsaturated/α-hetero) is 1. The summed E-state index contributed by atoms with van der Waals surface area (Å²) in [5, 5.41) is 10.7. The first-order chi connectivity index (χ1) is 20.8. The summed E-state index contributed by atoms with van der Waals surface area (Å²) in [7, 11) is 5.45. The van der Waals surface area contributed by atoms with E-state index < -0.39 is 0 Å². The van der Waals surface area contributed by atoms with E-state index in [1.165, 1.54) is 12.1 Å². The summed E-state index contributed by atoms with van der Waals surface area (Å²) in [5.41, 5.74) is 5.41. The van der Waals surface area contributed by atoms with Crippen LogP contribution in [0.2, 0.25) is 0 Å². The first-order valence-corrected chi connectivity index (χ1v) is 13.9. The van der Waals surface area contributed by atoms with Gasteiger partial charge >= 0.3 is 0 Å². The Morgan fingerprint density at radius 3 is 2.26 bits per heavy atom. The lowest BCUT2D eigenvalue weighted by Crippen LogP contribution is -2.31. The van der Waals surface area contributed by atoms with Crippen molar-refractivity contribution in [3.05, 3.63) is 108 Å². The highest BCUT2D eigenvalue weighted by Crippen LogP contribution is 2.28. The number of likely N-dealkylation sites (N-methyl/N-ethyl adjacent to an activating group) is 1. The summed E-state index contributed by atoms with van der Waals surface area (Å²) in [6, 6.07) is 22.9. The molecule has 0 aliphatic heterocycles. The first kappa shape index (κ1) is 29.4. The molecule has 5 aromatic rings. The van der Waals surface area contributed by atoms with Gasteiger partial charge in [-0.25, -0.2) is 8.91 Å². The topological polar surface area (TPSA) is 101 Å². The van der Waals surface area contributed by atoms with E-state index in [4.69, 9.17) is 4.74 Å². The molecule has 220 valence electrons. The molecule has 0 saturated carbocycles. The molecule has 0 aliphatic carbocycles. The molecular weight excluding hydrogens is 547 g/mol. The zero-order valence-electron chi connectivity index (χ0n) is 24.3. The van der Waals surface area contributed by atoms with E-state index in [2.05, 4.69) is 20.7 Å². The van der Waals surface area contributed by atoms with Gasteiger partial charge in [0.2, 0.25) is 5.95 Å². The van der Waals surface area contributed by atoms with Crippen molar-refractivity contribution >= 4 is 29.0 Å². The van der Waals surface area contributed by atoms with Gasteiger partial charge in [-0.2, -0.15) is 4.98 Å². The lowest BCUT2D eigenvalue weighted by Gasteiger charge is -2.12. The predicted octanol–water partition coefficient (Wildman–Crippen LogP) is 4.93. The standard InChI is InChI=1S/C33H33FN6O3/c1-39(2)17-16-35-32(42)25-10-14-29(30(20-25)43-3)36-33-37-31-15-11-26(21-40(31)38-33)24-8-4-22(5-9-24)18-28(41)19-23-6-12-27(34)13-7-23/h4-15,20-21H,16-19H2,1-3H3,(H,35,42)(H,36,38). The number of hydrogen-bond acceptors (Lipinski definition) is 7. The molecule has 0 saturated heterocycles. The molecule has 1 amide bonds. The third-order valence-electron chi connectivity index (χ3n) is 6.89. The van der Waals surface area contributed by atoms with Crippen LogP contribution in [-0.2, 0) is 17.6 Å². The molecule has 9 nitrogen and oxygen atoms in total. The quantitative estimate of drug-likeness (QED) is 0.216. The summed E-state index contributed by atoms with van der Waals surface area (Å²) in [6.07, 6.45) is 2.46. The number of ether oxygens (including phenoxy) is 1. The average molecular weight is 581 g/mol. The fourth-order valence-electron chi connectivity index (χ4n) is 4.59. The zero-order valence-corrected chi connectivity index (χ0v) is 24.3. The summed E-state index contributed by atoms with van der Waals surface area (Å²) < 4.78 is 20.3. The molecular formula is C33H33FN6O3. The highest BCUT2D eigenvalue weighted by atomic mass is 19.1. The largest absolute Gasteiger partial charge is 0.495 e. The number of fused-ring (bicyclic) bond motifs is 1.